The van der Waals surface area contributed by atoms with Crippen molar-refractivity contribution in [3.05, 3.63) is 0 Å². The van der Waals surface area contributed by atoms with E-state index >= 15 is 0 Å². The Labute approximate surface area is 90.1 Å². The van der Waals surface area contributed by atoms with Crippen LogP contribution in [0, 0.1) is 0 Å². The maximum absolute atomic E-state index is 10.7. The molecular weight excluding hydrogens is 198 g/mol. The minimum atomic E-state index is -0.964. The zero-order valence-corrected chi connectivity index (χ0v) is 9.15. The zero-order valence-electron chi connectivity index (χ0n) is 9.15. The van der Waals surface area contributed by atoms with E-state index < -0.39 is 12.0 Å². The first-order chi connectivity index (χ1) is 7.11. The third kappa shape index (κ3) is 7.30. The van der Waals surface area contributed by atoms with Gasteiger partial charge >= 0.3 is 5.97 Å². The highest BCUT2D eigenvalue weighted by Crippen LogP contribution is 2.00. The molecule has 5 nitrogen and oxygen atoms in total. The predicted molar refractivity (Wildman–Crippen MR) is 56.7 cm³/mol. The summed E-state index contributed by atoms with van der Waals surface area (Å²) < 4.78 is 0. The quantitative estimate of drug-likeness (QED) is 0.437. The number of rotatable bonds is 9. The van der Waals surface area contributed by atoms with Crippen molar-refractivity contribution in [1.82, 2.24) is 5.32 Å². The van der Waals surface area contributed by atoms with Gasteiger partial charge in [-0.15, -0.1) is 0 Å². The highest BCUT2D eigenvalue weighted by Gasteiger charge is 2.15. The lowest BCUT2D eigenvalue weighted by molar-refractivity contribution is -0.139. The minimum Gasteiger partial charge on any atom is -0.480 e. The summed E-state index contributed by atoms with van der Waals surface area (Å²) in [5, 5.41) is 29.5. The highest BCUT2D eigenvalue weighted by molar-refractivity contribution is 5.73. The number of aliphatic hydroxyl groups is 2. The Morgan fingerprint density at radius 2 is 2.00 bits per heavy atom. The zero-order chi connectivity index (χ0) is 11.7. The van der Waals surface area contributed by atoms with E-state index in [4.69, 9.17) is 10.2 Å². The van der Waals surface area contributed by atoms with Crippen LogP contribution in [0.15, 0.2) is 0 Å². The van der Waals surface area contributed by atoms with Gasteiger partial charge in [-0.05, 0) is 25.8 Å². The van der Waals surface area contributed by atoms with Crippen molar-refractivity contribution in [3.8, 4) is 0 Å². The third-order valence-corrected chi connectivity index (χ3v) is 2.21. The second kappa shape index (κ2) is 8.64. The summed E-state index contributed by atoms with van der Waals surface area (Å²) in [6.07, 6.45) is 2.02. The van der Waals surface area contributed by atoms with Gasteiger partial charge in [-0.1, -0.05) is 13.3 Å². The molecule has 0 rings (SSSR count). The number of hydrogen-bond donors (Lipinski definition) is 4. The number of aliphatic carboxylic acids is 1. The van der Waals surface area contributed by atoms with Crippen molar-refractivity contribution in [2.45, 2.75) is 44.8 Å². The Morgan fingerprint density at radius 1 is 1.33 bits per heavy atom. The third-order valence-electron chi connectivity index (χ3n) is 2.21. The van der Waals surface area contributed by atoms with Crippen LogP contribution in [0.3, 0.4) is 0 Å². The van der Waals surface area contributed by atoms with E-state index in [1.165, 1.54) is 0 Å². The molecule has 0 aromatic rings. The Balaban J connectivity index is 3.65. The van der Waals surface area contributed by atoms with Gasteiger partial charge in [0.2, 0.25) is 0 Å². The van der Waals surface area contributed by atoms with Gasteiger partial charge in [-0.2, -0.15) is 0 Å². The topological polar surface area (TPSA) is 89.8 Å². The molecule has 0 aliphatic carbocycles. The van der Waals surface area contributed by atoms with Gasteiger partial charge in [0.25, 0.3) is 0 Å². The van der Waals surface area contributed by atoms with E-state index in [-0.39, 0.29) is 19.1 Å². The first kappa shape index (κ1) is 14.3. The number of aliphatic hydroxyl groups excluding tert-OH is 2. The lowest BCUT2D eigenvalue weighted by Gasteiger charge is -2.14. The molecule has 15 heavy (non-hydrogen) atoms. The number of hydrogen-bond acceptors (Lipinski definition) is 4. The summed E-state index contributed by atoms with van der Waals surface area (Å²) in [5.74, 6) is -0.964. The molecule has 0 spiro atoms. The lowest BCUT2D eigenvalue weighted by atomic mass is 10.1. The van der Waals surface area contributed by atoms with Crippen LogP contribution in [0.2, 0.25) is 0 Å². The SMILES string of the molecule is CCCC(O)CCN[C@@H](CCO)C(=O)O. The fraction of sp³-hybridized carbons (Fsp3) is 0.900. The van der Waals surface area contributed by atoms with E-state index in [1.807, 2.05) is 6.92 Å². The van der Waals surface area contributed by atoms with Gasteiger partial charge in [-0.25, -0.2) is 0 Å². The van der Waals surface area contributed by atoms with Crippen LogP contribution in [0.25, 0.3) is 0 Å². The summed E-state index contributed by atoms with van der Waals surface area (Å²) in [4.78, 5) is 10.7. The summed E-state index contributed by atoms with van der Waals surface area (Å²) in [7, 11) is 0. The van der Waals surface area contributed by atoms with Gasteiger partial charge in [0.05, 0.1) is 6.10 Å². The first-order valence-corrected chi connectivity index (χ1v) is 5.36. The molecule has 90 valence electrons. The van der Waals surface area contributed by atoms with Crippen LogP contribution < -0.4 is 5.32 Å². The van der Waals surface area contributed by atoms with Gasteiger partial charge < -0.3 is 20.6 Å². The molecule has 0 saturated heterocycles. The molecule has 4 N–H and O–H groups in total. The van der Waals surface area contributed by atoms with Crippen molar-refractivity contribution in [2.24, 2.45) is 0 Å². The molecule has 0 heterocycles. The molecule has 0 radical (unpaired) electrons. The van der Waals surface area contributed by atoms with Crippen LogP contribution in [0.4, 0.5) is 0 Å². The summed E-state index contributed by atoms with van der Waals surface area (Å²) in [6.45, 7) is 2.29. The maximum Gasteiger partial charge on any atom is 0.320 e. The summed E-state index contributed by atoms with van der Waals surface area (Å²) in [6, 6.07) is -0.719. The number of nitrogens with one attached hydrogen (secondary N) is 1. The van der Waals surface area contributed by atoms with E-state index in [0.717, 1.165) is 12.8 Å². The summed E-state index contributed by atoms with van der Waals surface area (Å²) in [5.41, 5.74) is 0. The Bertz CT molecular complexity index is 175. The van der Waals surface area contributed by atoms with Crippen molar-refractivity contribution >= 4 is 5.97 Å². The van der Waals surface area contributed by atoms with Crippen LogP contribution in [-0.4, -0.2) is 46.6 Å². The fourth-order valence-corrected chi connectivity index (χ4v) is 1.34. The monoisotopic (exact) mass is 219 g/mol. The van der Waals surface area contributed by atoms with E-state index in [0.29, 0.717) is 13.0 Å². The predicted octanol–water partition coefficient (Wildman–Crippen LogP) is -0.0373. The van der Waals surface area contributed by atoms with Gasteiger partial charge in [0, 0.05) is 6.61 Å². The van der Waals surface area contributed by atoms with E-state index in [9.17, 15) is 9.90 Å². The second-order valence-corrected chi connectivity index (χ2v) is 3.59. The number of carbonyl (C=O) groups is 1. The van der Waals surface area contributed by atoms with E-state index in [2.05, 4.69) is 5.32 Å². The van der Waals surface area contributed by atoms with Gasteiger partial charge in [0.1, 0.15) is 6.04 Å². The van der Waals surface area contributed by atoms with Crippen LogP contribution in [0.5, 0.6) is 0 Å². The largest absolute Gasteiger partial charge is 0.480 e. The van der Waals surface area contributed by atoms with E-state index in [1.54, 1.807) is 0 Å². The smallest absolute Gasteiger partial charge is 0.320 e. The first-order valence-electron chi connectivity index (χ1n) is 5.36. The molecule has 0 bridgehead atoms. The molecule has 1 unspecified atom stereocenters. The van der Waals surface area contributed by atoms with Crippen molar-refractivity contribution < 1.29 is 20.1 Å². The molecule has 0 aromatic heterocycles. The van der Waals surface area contributed by atoms with Crippen molar-refractivity contribution in [3.63, 3.8) is 0 Å². The average molecular weight is 219 g/mol. The van der Waals surface area contributed by atoms with Crippen LogP contribution >= 0.6 is 0 Å². The normalized spacial score (nSPS) is 14.9. The second-order valence-electron chi connectivity index (χ2n) is 3.59. The molecule has 0 fully saturated rings. The molecule has 0 amide bonds. The lowest BCUT2D eigenvalue weighted by Crippen LogP contribution is -2.38. The Morgan fingerprint density at radius 3 is 2.47 bits per heavy atom. The molecule has 2 atom stereocenters. The standard InChI is InChI=1S/C10H21NO4/c1-2-3-8(13)4-6-11-9(5-7-12)10(14)15/h8-9,11-13H,2-7H2,1H3,(H,14,15)/t8?,9-/m0/s1. The fourth-order valence-electron chi connectivity index (χ4n) is 1.34. The summed E-state index contributed by atoms with van der Waals surface area (Å²) >= 11 is 0. The maximum atomic E-state index is 10.7. The Hall–Kier alpha value is -0.650. The minimum absolute atomic E-state index is 0.151. The van der Waals surface area contributed by atoms with Crippen molar-refractivity contribution in [2.75, 3.05) is 13.2 Å². The van der Waals surface area contributed by atoms with Crippen LogP contribution in [0.1, 0.15) is 32.6 Å². The highest BCUT2D eigenvalue weighted by atomic mass is 16.4. The number of carboxylic acids is 1. The van der Waals surface area contributed by atoms with Gasteiger partial charge in [0.15, 0.2) is 0 Å². The molecule has 0 aromatic carbocycles. The van der Waals surface area contributed by atoms with Crippen LogP contribution in [-0.2, 0) is 4.79 Å². The Kier molecular flexibility index (Phi) is 8.27. The molecular formula is C10H21NO4. The molecule has 0 saturated carbocycles. The average Bonchev–Trinajstić information content (AvgIpc) is 2.16. The number of carboxylic acid groups (broad SMARTS) is 1. The molecule has 0 aliphatic rings. The molecule has 5 heteroatoms. The van der Waals surface area contributed by atoms with Gasteiger partial charge in [-0.3, -0.25) is 4.79 Å². The molecule has 0 aliphatic heterocycles. The van der Waals surface area contributed by atoms with Crippen molar-refractivity contribution in [1.29, 1.82) is 0 Å².